The van der Waals surface area contributed by atoms with Crippen LogP contribution in [0.5, 0.6) is 23.0 Å². The number of aromatic hydroxyl groups is 2. The third kappa shape index (κ3) is 16.3. The lowest BCUT2D eigenvalue weighted by molar-refractivity contribution is -0.345. The van der Waals surface area contributed by atoms with Crippen LogP contribution in [0.2, 0.25) is 0 Å². The molecule has 91 heavy (non-hydrogen) atoms. The number of phenolic OH excluding ortho intramolecular Hbond substituents is 2. The number of carbonyl (C=O) groups excluding carboxylic acids is 4. The molecule has 16 N–H and O–H groups in total. The Morgan fingerprint density at radius 3 is 1.92 bits per heavy atom. The maximum absolute atomic E-state index is 14.0. The molecule has 29 nitrogen and oxygen atoms in total. The number of allylic oxidation sites excluding steroid dienone is 5. The maximum Gasteiger partial charge on any atom is 0.359 e. The van der Waals surface area contributed by atoms with Crippen molar-refractivity contribution in [1.29, 1.82) is 0 Å². The summed E-state index contributed by atoms with van der Waals surface area (Å²) in [7, 11) is -5.23. The van der Waals surface area contributed by atoms with E-state index in [1.807, 2.05) is 13.0 Å². The van der Waals surface area contributed by atoms with Crippen LogP contribution in [0, 0.1) is 0 Å². The van der Waals surface area contributed by atoms with Crippen molar-refractivity contribution in [1.82, 2.24) is 16.0 Å². The Labute approximate surface area is 528 Å². The molecule has 5 heterocycles. The second-order valence-electron chi connectivity index (χ2n) is 22.8. The Bertz CT molecular complexity index is 3240. The van der Waals surface area contributed by atoms with Gasteiger partial charge in [0.1, 0.15) is 90.0 Å². The van der Waals surface area contributed by atoms with Gasteiger partial charge in [-0.05, 0) is 102 Å². The molecule has 3 aromatic rings. The predicted octanol–water partition coefficient (Wildman–Crippen LogP) is 0.799. The van der Waals surface area contributed by atoms with Gasteiger partial charge < -0.3 is 120 Å². The average molecular weight is 1320 g/mol. The predicted molar refractivity (Wildman–Crippen MR) is 323 cm³/mol. The molecule has 0 saturated carbocycles. The second kappa shape index (κ2) is 30.5. The Morgan fingerprint density at radius 2 is 1.31 bits per heavy atom. The maximum atomic E-state index is 14.0. The van der Waals surface area contributed by atoms with Gasteiger partial charge in [0, 0.05) is 41.4 Å². The molecule has 0 bridgehead atoms. The first kappa shape index (κ1) is 70.4. The summed E-state index contributed by atoms with van der Waals surface area (Å²) in [6, 6.07) is 9.67. The number of esters is 1. The topological polar surface area (TPSA) is 445 Å². The molecule has 498 valence electrons. The lowest BCUT2D eigenvalue weighted by atomic mass is 9.77. The summed E-state index contributed by atoms with van der Waals surface area (Å²) in [4.78, 5) is 64.0. The molecule has 3 amide bonds. The van der Waals surface area contributed by atoms with E-state index in [1.54, 1.807) is 24.3 Å². The number of ether oxygens (including phenoxy) is 8. The van der Waals surface area contributed by atoms with Crippen molar-refractivity contribution in [3.63, 3.8) is 0 Å². The van der Waals surface area contributed by atoms with Crippen molar-refractivity contribution in [2.45, 2.75) is 157 Å². The van der Waals surface area contributed by atoms with Crippen LogP contribution < -0.4 is 31.7 Å². The summed E-state index contributed by atoms with van der Waals surface area (Å²) < 4.78 is 66.5. The standard InChI is InChI=1S/C60H78N5O24PS/c1-28(2)8-6-9-29(3)10-7-11-30(4)18-19-81-20-21-82-90(79,80)58-53(50(76)49(75)52(88-58)54(61)77)87-57-45(63-31(5)68)48(74)51(42(27-67)85-57)86-56-44(47(73)46(72)41(26-66)84-56)65-43(71)25-62-59(91)64-32-12-15-36-35(22-32)55(78)89-60(36)37-16-13-33(69)23-39(37)83-40-24-34(70)14-17-38(40)60/h8,10,12-18,22-24,41-42,44-53,56-58,66-67,69-70,72-76H,6-7,9,11,19-21,25-27H2,1-5H3,(H2,61,77)(H,63,68)(H,65,71)(H,79,80)(H2,62,64,91)/b29-10+,30-18-/t41?,42?,44?,45?,46-,47+,48+,49+,50-,51+,52?,53?,56-,57-,58-/m0/s1. The first-order valence-electron chi connectivity index (χ1n) is 29.2. The lowest BCUT2D eigenvalue weighted by Crippen LogP contribution is -2.70. The number of primary amides is 1. The quantitative estimate of drug-likeness (QED) is 0.0183. The molecule has 31 heteroatoms. The minimum absolute atomic E-state index is 0.110. The van der Waals surface area contributed by atoms with Crippen LogP contribution in [-0.4, -0.2) is 211 Å². The number of aliphatic hydroxyl groups is 7. The number of anilines is 1. The van der Waals surface area contributed by atoms with Gasteiger partial charge in [-0.3, -0.25) is 18.9 Å². The smallest absolute Gasteiger partial charge is 0.359 e. The van der Waals surface area contributed by atoms with E-state index in [-0.39, 0.29) is 52.6 Å². The molecule has 1 spiro atoms. The van der Waals surface area contributed by atoms with Gasteiger partial charge in [0.25, 0.3) is 0 Å². The van der Waals surface area contributed by atoms with Crippen LogP contribution in [0.15, 0.2) is 89.5 Å². The molecule has 0 aromatic heterocycles. The Balaban J connectivity index is 0.915. The monoisotopic (exact) mass is 1320 g/mol. The van der Waals surface area contributed by atoms with Gasteiger partial charge in [0.15, 0.2) is 35.2 Å². The number of rotatable bonds is 25. The van der Waals surface area contributed by atoms with Crippen LogP contribution in [0.25, 0.3) is 0 Å². The molecule has 7 unspecified atom stereocenters. The largest absolute Gasteiger partial charge is 0.508 e. The zero-order chi connectivity index (χ0) is 66.2. The zero-order valence-electron chi connectivity index (χ0n) is 50.3. The van der Waals surface area contributed by atoms with Crippen molar-refractivity contribution in [3.05, 3.63) is 112 Å². The number of nitrogens with two attached hydrogens (primary N) is 1. The number of nitrogens with one attached hydrogen (secondary N) is 4. The van der Waals surface area contributed by atoms with Crippen molar-refractivity contribution in [2.75, 3.05) is 44.9 Å². The minimum Gasteiger partial charge on any atom is -0.508 e. The van der Waals surface area contributed by atoms with Gasteiger partial charge in [-0.2, -0.15) is 0 Å². The Kier molecular flexibility index (Phi) is 23.6. The highest BCUT2D eigenvalue weighted by atomic mass is 32.1. The average Bonchev–Trinajstić information content (AvgIpc) is 1.63. The molecule has 3 fully saturated rings. The summed E-state index contributed by atoms with van der Waals surface area (Å²) >= 11 is 5.47. The van der Waals surface area contributed by atoms with Crippen LogP contribution in [0.1, 0.15) is 87.4 Å². The van der Waals surface area contributed by atoms with Crippen molar-refractivity contribution in [2.24, 2.45) is 5.73 Å². The fraction of sp³-hybridized carbons (Fsp3) is 0.517. The van der Waals surface area contributed by atoms with E-state index in [4.69, 9.17) is 60.4 Å². The molecule has 0 aliphatic carbocycles. The van der Waals surface area contributed by atoms with Crippen LogP contribution in [0.3, 0.4) is 0 Å². The molecule has 3 aromatic carbocycles. The Morgan fingerprint density at radius 1 is 0.714 bits per heavy atom. The summed E-state index contributed by atoms with van der Waals surface area (Å²) in [6.07, 6.45) is -14.1. The molecule has 5 aliphatic heterocycles. The second-order valence-corrected chi connectivity index (χ2v) is 25.1. The number of thiocarbonyl (C=S) groups is 1. The number of hydrogen-bond acceptors (Lipinski definition) is 24. The number of aliphatic hydroxyl groups excluding tert-OH is 7. The molecule has 5 aliphatic rings. The highest BCUT2D eigenvalue weighted by Gasteiger charge is 2.59. The first-order valence-corrected chi connectivity index (χ1v) is 31.2. The minimum atomic E-state index is -5.23. The van der Waals surface area contributed by atoms with Gasteiger partial charge >= 0.3 is 13.6 Å². The highest BCUT2D eigenvalue weighted by Crippen LogP contribution is 2.58. The number of carbonyl (C=O) groups is 4. The fourth-order valence-electron chi connectivity index (χ4n) is 11.2. The van der Waals surface area contributed by atoms with Gasteiger partial charge in [0.2, 0.25) is 17.7 Å². The SMILES string of the molecule is CC(=O)NC1[C@H](OC2[C@@H](O)[C@@H](O)C(C(N)=O)O[C@H]2P(=O)(O)OCCOC/C=C(/C)CC/C=C(\C)CCC=C(C)C)OC(CO)[C@@H](O[C@@H]2OC(CO)[C@H](O)[C@H](O)C2NC(=O)CNC(=S)Nc2ccc3c(c2)C(=O)OC32c3ccc(O)cc3Oc3cc(O)ccc32)[C@@H]1O. The van der Waals surface area contributed by atoms with E-state index in [2.05, 4.69) is 54.2 Å². The number of benzene rings is 3. The summed E-state index contributed by atoms with van der Waals surface area (Å²) in [5.74, 6) is -6.10. The summed E-state index contributed by atoms with van der Waals surface area (Å²) in [5.41, 5.74) is 9.01. The molecule has 0 radical (unpaired) electrons. The Hall–Kier alpha value is -6.52. The van der Waals surface area contributed by atoms with E-state index in [1.165, 1.54) is 41.5 Å². The first-order chi connectivity index (χ1) is 43.2. The number of phenols is 2. The van der Waals surface area contributed by atoms with Gasteiger partial charge in [-0.1, -0.05) is 41.0 Å². The lowest BCUT2D eigenvalue weighted by Gasteiger charge is -2.49. The highest BCUT2D eigenvalue weighted by molar-refractivity contribution is 7.80. The van der Waals surface area contributed by atoms with Crippen molar-refractivity contribution < 1.29 is 117 Å². The normalized spacial score (nSPS) is 29.1. The van der Waals surface area contributed by atoms with Crippen molar-refractivity contribution in [3.8, 4) is 23.0 Å². The van der Waals surface area contributed by atoms with Gasteiger partial charge in [-0.15, -0.1) is 0 Å². The molecule has 8 rings (SSSR count). The van der Waals surface area contributed by atoms with Crippen LogP contribution in [-0.2, 0) is 62.2 Å². The fourth-order valence-corrected chi connectivity index (χ4v) is 12.8. The molecule has 16 atom stereocenters. The van der Waals surface area contributed by atoms with E-state index < -0.39 is 155 Å². The van der Waals surface area contributed by atoms with E-state index >= 15 is 0 Å². The van der Waals surface area contributed by atoms with Gasteiger partial charge in [0.05, 0.1) is 45.1 Å². The number of amides is 3. The zero-order valence-corrected chi connectivity index (χ0v) is 52.0. The van der Waals surface area contributed by atoms with Crippen LogP contribution in [0.4, 0.5) is 5.69 Å². The van der Waals surface area contributed by atoms with E-state index in [9.17, 15) is 74.6 Å². The summed E-state index contributed by atoms with van der Waals surface area (Å²) in [6.45, 7) is 5.88. The van der Waals surface area contributed by atoms with Gasteiger partial charge in [-0.25, -0.2) is 4.79 Å². The van der Waals surface area contributed by atoms with E-state index in [0.717, 1.165) is 38.2 Å². The molecule has 3 saturated heterocycles. The summed E-state index contributed by atoms with van der Waals surface area (Å²) in [5, 5.41) is 109. The number of fused-ring (bicyclic) bond motifs is 6. The van der Waals surface area contributed by atoms with Crippen LogP contribution >= 0.6 is 19.8 Å². The third-order valence-corrected chi connectivity index (χ3v) is 17.7. The van der Waals surface area contributed by atoms with E-state index in [0.29, 0.717) is 16.7 Å². The molecular formula is C60H78N5O24PS. The molecular weight excluding hydrogens is 1240 g/mol. The third-order valence-electron chi connectivity index (χ3n) is 15.8. The number of hydrogen-bond donors (Lipinski definition) is 15. The van der Waals surface area contributed by atoms with Crippen molar-refractivity contribution >= 4 is 54.3 Å².